The van der Waals surface area contributed by atoms with Crippen LogP contribution in [0.4, 0.5) is 5.69 Å². The number of pyridine rings is 1. The fraction of sp³-hybridized carbons (Fsp3) is 0.0714. The summed E-state index contributed by atoms with van der Waals surface area (Å²) in [5.41, 5.74) is 1.92. The molecule has 1 aromatic carbocycles. The first kappa shape index (κ1) is 13.5. The van der Waals surface area contributed by atoms with Crippen LogP contribution in [0.5, 0.6) is 0 Å². The van der Waals surface area contributed by atoms with Crippen molar-refractivity contribution < 1.29 is 9.59 Å². The van der Waals surface area contributed by atoms with E-state index in [-0.39, 0.29) is 0 Å². The highest BCUT2D eigenvalue weighted by Gasteiger charge is 2.37. The van der Waals surface area contributed by atoms with E-state index in [1.807, 2.05) is 12.1 Å². The molecule has 0 bridgehead atoms. The van der Waals surface area contributed by atoms with E-state index in [0.29, 0.717) is 17.8 Å². The minimum absolute atomic E-state index is 0.312. The van der Waals surface area contributed by atoms with Crippen LogP contribution in [0, 0.1) is 0 Å². The zero-order valence-electron chi connectivity index (χ0n) is 10.1. The minimum Gasteiger partial charge on any atom is -0.299 e. The molecular weight excluding hydrogens is 388 g/mol. The first-order valence-corrected chi connectivity index (χ1v) is 7.40. The quantitative estimate of drug-likeness (QED) is 0.732. The van der Waals surface area contributed by atoms with Gasteiger partial charge in [-0.25, -0.2) is 0 Å². The molecule has 0 radical (unpaired) electrons. The Labute approximate surface area is 132 Å². The maximum Gasteiger partial charge on any atom is 0.299 e. The third-order valence-corrected chi connectivity index (χ3v) is 4.12. The zero-order chi connectivity index (χ0) is 14.3. The number of carbonyl (C=O) groups is 2. The number of anilines is 1. The Bertz CT molecular complexity index is 731. The van der Waals surface area contributed by atoms with Gasteiger partial charge in [-0.15, -0.1) is 0 Å². The Hall–Kier alpha value is -1.53. The van der Waals surface area contributed by atoms with Gasteiger partial charge in [-0.3, -0.25) is 19.5 Å². The standard InChI is InChI=1S/C14H8Br2N2O2/c15-9-4-8(5-17-6-9)7-18-12-10(13(19)14(18)20)2-1-3-11(12)16/h1-6H,7H2. The number of rotatable bonds is 2. The molecule has 20 heavy (non-hydrogen) atoms. The Balaban J connectivity index is 2.03. The highest BCUT2D eigenvalue weighted by molar-refractivity contribution is 9.10. The number of para-hydroxylation sites is 1. The number of ketones is 1. The van der Waals surface area contributed by atoms with Crippen molar-refractivity contribution in [1.82, 2.24) is 4.98 Å². The van der Waals surface area contributed by atoms with Crippen LogP contribution >= 0.6 is 31.9 Å². The van der Waals surface area contributed by atoms with E-state index >= 15 is 0 Å². The molecule has 100 valence electrons. The molecule has 0 N–H and O–H groups in total. The summed E-state index contributed by atoms with van der Waals surface area (Å²) in [6, 6.07) is 7.11. The Kier molecular flexibility index (Phi) is 3.43. The highest BCUT2D eigenvalue weighted by Crippen LogP contribution is 2.36. The molecule has 1 aliphatic rings. The number of benzene rings is 1. The van der Waals surface area contributed by atoms with E-state index in [2.05, 4.69) is 36.8 Å². The summed E-state index contributed by atoms with van der Waals surface area (Å²) >= 11 is 6.74. The van der Waals surface area contributed by atoms with Crippen molar-refractivity contribution in [2.45, 2.75) is 6.54 Å². The number of aromatic nitrogens is 1. The van der Waals surface area contributed by atoms with Crippen molar-refractivity contribution in [2.75, 3.05) is 4.90 Å². The van der Waals surface area contributed by atoms with Crippen molar-refractivity contribution >= 4 is 49.2 Å². The van der Waals surface area contributed by atoms with Crippen LogP contribution in [0.25, 0.3) is 0 Å². The number of carbonyl (C=O) groups excluding carboxylic acids is 2. The zero-order valence-corrected chi connectivity index (χ0v) is 13.3. The summed E-state index contributed by atoms with van der Waals surface area (Å²) in [6.45, 7) is 0.312. The van der Waals surface area contributed by atoms with E-state index < -0.39 is 11.7 Å². The van der Waals surface area contributed by atoms with Gasteiger partial charge in [0, 0.05) is 21.3 Å². The van der Waals surface area contributed by atoms with Gasteiger partial charge in [0.05, 0.1) is 17.8 Å². The fourth-order valence-corrected chi connectivity index (χ4v) is 3.18. The van der Waals surface area contributed by atoms with E-state index in [1.54, 1.807) is 24.5 Å². The van der Waals surface area contributed by atoms with Crippen LogP contribution in [0.3, 0.4) is 0 Å². The van der Waals surface area contributed by atoms with Gasteiger partial charge in [0.15, 0.2) is 0 Å². The molecule has 0 spiro atoms. The van der Waals surface area contributed by atoms with E-state index in [1.165, 1.54) is 4.90 Å². The van der Waals surface area contributed by atoms with Crippen molar-refractivity contribution in [2.24, 2.45) is 0 Å². The number of nitrogens with zero attached hydrogens (tertiary/aromatic N) is 2. The minimum atomic E-state index is -0.508. The normalized spacial score (nSPS) is 13.8. The second kappa shape index (κ2) is 5.10. The Morgan fingerprint density at radius 3 is 2.70 bits per heavy atom. The molecular formula is C14H8Br2N2O2. The summed E-state index contributed by atoms with van der Waals surface area (Å²) in [5.74, 6) is -0.976. The molecule has 0 aliphatic carbocycles. The van der Waals surface area contributed by atoms with Gasteiger partial charge in [0.1, 0.15) is 0 Å². The summed E-state index contributed by atoms with van der Waals surface area (Å²) in [6.07, 6.45) is 3.35. The summed E-state index contributed by atoms with van der Waals surface area (Å²) in [7, 11) is 0. The average molecular weight is 396 g/mol. The molecule has 1 aliphatic heterocycles. The van der Waals surface area contributed by atoms with Gasteiger partial charge in [-0.2, -0.15) is 0 Å². The SMILES string of the molecule is O=C1C(=O)N(Cc2cncc(Br)c2)c2c(Br)cccc21. The first-order chi connectivity index (χ1) is 9.58. The van der Waals surface area contributed by atoms with E-state index in [0.717, 1.165) is 14.5 Å². The highest BCUT2D eigenvalue weighted by atomic mass is 79.9. The third kappa shape index (κ3) is 2.19. The number of fused-ring (bicyclic) bond motifs is 1. The number of amides is 1. The van der Waals surface area contributed by atoms with Crippen molar-refractivity contribution in [3.63, 3.8) is 0 Å². The fourth-order valence-electron chi connectivity index (χ4n) is 2.19. The molecule has 2 aromatic rings. The van der Waals surface area contributed by atoms with Crippen molar-refractivity contribution in [3.8, 4) is 0 Å². The Morgan fingerprint density at radius 2 is 1.95 bits per heavy atom. The van der Waals surface area contributed by atoms with Gasteiger partial charge in [0.2, 0.25) is 0 Å². The van der Waals surface area contributed by atoms with Crippen LogP contribution in [-0.2, 0) is 11.3 Å². The first-order valence-electron chi connectivity index (χ1n) is 5.82. The van der Waals surface area contributed by atoms with Gasteiger partial charge >= 0.3 is 0 Å². The smallest absolute Gasteiger partial charge is 0.299 e. The second-order valence-corrected chi connectivity index (χ2v) is 6.14. The second-order valence-electron chi connectivity index (χ2n) is 4.37. The number of halogens is 2. The lowest BCUT2D eigenvalue weighted by Crippen LogP contribution is -2.29. The lowest BCUT2D eigenvalue weighted by atomic mass is 10.1. The molecule has 3 rings (SSSR count). The predicted octanol–water partition coefficient (Wildman–Crippen LogP) is 3.34. The number of hydrogen-bond acceptors (Lipinski definition) is 3. The predicted molar refractivity (Wildman–Crippen MR) is 81.6 cm³/mol. The lowest BCUT2D eigenvalue weighted by Gasteiger charge is -2.17. The van der Waals surface area contributed by atoms with Crippen LogP contribution in [-0.4, -0.2) is 16.7 Å². The summed E-state index contributed by atoms with van der Waals surface area (Å²) in [5, 5.41) is 0. The lowest BCUT2D eigenvalue weighted by molar-refractivity contribution is -0.114. The summed E-state index contributed by atoms with van der Waals surface area (Å²) < 4.78 is 1.57. The molecule has 0 atom stereocenters. The Morgan fingerprint density at radius 1 is 1.15 bits per heavy atom. The molecule has 1 aromatic heterocycles. The molecule has 0 fully saturated rings. The molecule has 6 heteroatoms. The molecule has 0 saturated heterocycles. The third-order valence-electron chi connectivity index (χ3n) is 3.04. The maximum absolute atomic E-state index is 12.1. The topological polar surface area (TPSA) is 50.3 Å². The van der Waals surface area contributed by atoms with E-state index in [4.69, 9.17) is 0 Å². The van der Waals surface area contributed by atoms with Gasteiger partial charge < -0.3 is 0 Å². The molecule has 4 nitrogen and oxygen atoms in total. The van der Waals surface area contributed by atoms with Crippen molar-refractivity contribution in [1.29, 1.82) is 0 Å². The van der Waals surface area contributed by atoms with Crippen LogP contribution in [0.1, 0.15) is 15.9 Å². The van der Waals surface area contributed by atoms with Gasteiger partial charge in [-0.05, 0) is 55.6 Å². The average Bonchev–Trinajstić information content (AvgIpc) is 2.66. The largest absolute Gasteiger partial charge is 0.299 e. The molecule has 0 unspecified atom stereocenters. The van der Waals surface area contributed by atoms with Crippen LogP contribution < -0.4 is 4.90 Å². The monoisotopic (exact) mass is 394 g/mol. The number of hydrogen-bond donors (Lipinski definition) is 0. The summed E-state index contributed by atoms with van der Waals surface area (Å²) in [4.78, 5) is 29.7. The van der Waals surface area contributed by atoms with Crippen molar-refractivity contribution in [3.05, 3.63) is 56.7 Å². The molecule has 2 heterocycles. The molecule has 0 saturated carbocycles. The van der Waals surface area contributed by atoms with Gasteiger partial charge in [0.25, 0.3) is 11.7 Å². The van der Waals surface area contributed by atoms with Gasteiger partial charge in [-0.1, -0.05) is 6.07 Å². The van der Waals surface area contributed by atoms with Crippen LogP contribution in [0.15, 0.2) is 45.6 Å². The molecule has 1 amide bonds. The van der Waals surface area contributed by atoms with E-state index in [9.17, 15) is 9.59 Å². The maximum atomic E-state index is 12.1. The number of Topliss-reactive ketones (excluding diaryl/α,β-unsaturated/α-hetero) is 1. The van der Waals surface area contributed by atoms with Crippen LogP contribution in [0.2, 0.25) is 0 Å².